The Balaban J connectivity index is 4.71. The van der Waals surface area contributed by atoms with E-state index in [0.29, 0.717) is 0 Å². The maximum absolute atomic E-state index is 12.8. The van der Waals surface area contributed by atoms with Crippen LogP contribution in [0.15, 0.2) is 0 Å². The zero-order valence-electron chi connectivity index (χ0n) is 7.12. The lowest BCUT2D eigenvalue weighted by Gasteiger charge is -2.28. The minimum atomic E-state index is -5.81. The first-order valence-electron chi connectivity index (χ1n) is 3.65. The first kappa shape index (κ1) is 14.4. The topological polar surface area (TPSA) is 29.5 Å². The molecule has 0 fully saturated rings. The van der Waals surface area contributed by atoms with E-state index in [2.05, 4.69) is 4.74 Å². The molecule has 0 amide bonds. The monoisotopic (exact) mass is 244 g/mol. The van der Waals surface area contributed by atoms with E-state index >= 15 is 0 Å². The Bertz CT molecular complexity index is 199. The van der Waals surface area contributed by atoms with E-state index < -0.39 is 37.8 Å². The number of hydrogen-bond acceptors (Lipinski definition) is 2. The highest BCUT2D eigenvalue weighted by Gasteiger charge is 2.61. The molecule has 92 valence electrons. The van der Waals surface area contributed by atoms with Crippen LogP contribution in [0.4, 0.5) is 30.7 Å². The van der Waals surface area contributed by atoms with Gasteiger partial charge in [-0.15, -0.1) is 13.2 Å². The fraction of sp³-hybridized carbons (Fsp3) is 1.00. The third-order valence-electron chi connectivity index (χ3n) is 1.36. The van der Waals surface area contributed by atoms with Gasteiger partial charge in [-0.3, -0.25) is 0 Å². The third-order valence-corrected chi connectivity index (χ3v) is 1.36. The molecule has 0 aliphatic heterocycles. The fourth-order valence-corrected chi connectivity index (χ4v) is 0.740. The quantitative estimate of drug-likeness (QED) is 0.770. The molecule has 1 atom stereocenters. The number of aliphatic hydroxyl groups is 1. The predicted molar refractivity (Wildman–Crippen MR) is 33.4 cm³/mol. The summed E-state index contributed by atoms with van der Waals surface area (Å²) in [6.45, 7) is -0.872. The molecule has 0 saturated heterocycles. The molecule has 0 unspecified atom stereocenters. The van der Waals surface area contributed by atoms with E-state index in [1.165, 1.54) is 0 Å². The van der Waals surface area contributed by atoms with Crippen LogP contribution in [0.3, 0.4) is 0 Å². The van der Waals surface area contributed by atoms with Crippen LogP contribution in [-0.2, 0) is 4.74 Å². The summed E-state index contributed by atoms with van der Waals surface area (Å²) < 4.78 is 85.3. The van der Waals surface area contributed by atoms with Gasteiger partial charge >= 0.3 is 18.4 Å². The second-order valence-electron chi connectivity index (χ2n) is 2.60. The summed E-state index contributed by atoms with van der Waals surface area (Å²) in [5.74, 6) is -4.81. The Morgan fingerprint density at radius 1 is 0.933 bits per heavy atom. The zero-order chi connectivity index (χ0) is 12.3. The van der Waals surface area contributed by atoms with Gasteiger partial charge in [-0.1, -0.05) is 0 Å². The Hall–Kier alpha value is -0.570. The molecule has 0 rings (SSSR count). The Morgan fingerprint density at radius 3 is 1.67 bits per heavy atom. The molecule has 9 heteroatoms. The lowest BCUT2D eigenvalue weighted by atomic mass is 10.1. The van der Waals surface area contributed by atoms with E-state index in [1.54, 1.807) is 0 Å². The largest absolute Gasteiger partial charge is 0.525 e. The normalized spacial score (nSPS) is 17.6. The van der Waals surface area contributed by atoms with Gasteiger partial charge in [-0.05, 0) is 6.42 Å². The van der Waals surface area contributed by atoms with E-state index in [1.807, 2.05) is 0 Å². The second-order valence-corrected chi connectivity index (χ2v) is 2.60. The average molecular weight is 244 g/mol. The minimum Gasteiger partial charge on any atom is -0.396 e. The minimum absolute atomic E-state index is 0.800. The predicted octanol–water partition coefficient (Wildman–Crippen LogP) is 2.52. The molecule has 0 aromatic carbocycles. The molecule has 0 spiro atoms. The third kappa shape index (κ3) is 4.65. The molecular weight excluding hydrogens is 237 g/mol. The van der Waals surface area contributed by atoms with Gasteiger partial charge in [-0.25, -0.2) is 9.13 Å². The summed E-state index contributed by atoms with van der Waals surface area (Å²) in [5, 5.41) is 8.12. The van der Waals surface area contributed by atoms with Crippen LogP contribution in [0.1, 0.15) is 12.8 Å². The van der Waals surface area contributed by atoms with Gasteiger partial charge in [0.25, 0.3) is 0 Å². The fourth-order valence-electron chi connectivity index (χ4n) is 0.740. The molecule has 0 saturated carbocycles. The van der Waals surface area contributed by atoms with Crippen LogP contribution in [0.2, 0.25) is 0 Å². The zero-order valence-corrected chi connectivity index (χ0v) is 7.12. The number of hydrogen-bond donors (Lipinski definition) is 1. The molecule has 0 aliphatic carbocycles. The second kappa shape index (κ2) is 4.52. The Morgan fingerprint density at radius 2 is 1.40 bits per heavy atom. The van der Waals surface area contributed by atoms with Crippen LogP contribution in [0.5, 0.6) is 0 Å². The lowest BCUT2D eigenvalue weighted by molar-refractivity contribution is -0.449. The number of alkyl halides is 7. The van der Waals surface area contributed by atoms with Crippen molar-refractivity contribution in [2.45, 2.75) is 31.2 Å². The number of ether oxygens (including phenoxy) is 1. The van der Waals surface area contributed by atoms with Gasteiger partial charge in [0, 0.05) is 13.0 Å². The molecule has 0 heterocycles. The van der Waals surface area contributed by atoms with E-state index in [-0.39, 0.29) is 0 Å². The summed E-state index contributed by atoms with van der Waals surface area (Å²) >= 11 is 0. The van der Waals surface area contributed by atoms with Gasteiger partial charge in [0.15, 0.2) is 0 Å². The first-order valence-corrected chi connectivity index (χ1v) is 3.65. The van der Waals surface area contributed by atoms with E-state index in [4.69, 9.17) is 5.11 Å². The van der Waals surface area contributed by atoms with Crippen LogP contribution in [0.25, 0.3) is 0 Å². The molecule has 0 aliphatic rings. The lowest BCUT2D eigenvalue weighted by Crippen LogP contribution is -2.47. The van der Waals surface area contributed by atoms with Crippen molar-refractivity contribution >= 4 is 0 Å². The SMILES string of the molecule is OCCC[C@](F)(OC(F)(F)F)C(F)(F)F. The summed E-state index contributed by atoms with van der Waals surface area (Å²) in [7, 11) is 0. The van der Waals surface area contributed by atoms with E-state index in [0.717, 1.165) is 0 Å². The standard InChI is InChI=1S/C6H7F7O2/c7-4(2-1-3-14,5(8,9)10)15-6(11,12)13/h14H,1-3H2/t4-/m0/s1. The summed E-state index contributed by atoms with van der Waals surface area (Å²) in [6.07, 6.45) is -14.0. The number of halogens is 7. The maximum atomic E-state index is 12.8. The van der Waals surface area contributed by atoms with Crippen molar-refractivity contribution in [2.75, 3.05) is 6.61 Å². The van der Waals surface area contributed by atoms with Gasteiger partial charge in [0.1, 0.15) is 0 Å². The van der Waals surface area contributed by atoms with Crippen molar-refractivity contribution in [3.8, 4) is 0 Å². The van der Waals surface area contributed by atoms with Crippen molar-refractivity contribution in [1.29, 1.82) is 0 Å². The van der Waals surface area contributed by atoms with Gasteiger partial charge in [0.2, 0.25) is 0 Å². The molecule has 0 aromatic rings. The molecule has 15 heavy (non-hydrogen) atoms. The summed E-state index contributed by atoms with van der Waals surface area (Å²) in [5.41, 5.74) is 0. The summed E-state index contributed by atoms with van der Waals surface area (Å²) in [4.78, 5) is 0. The van der Waals surface area contributed by atoms with Gasteiger partial charge in [0.05, 0.1) is 0 Å². The molecule has 0 bridgehead atoms. The summed E-state index contributed by atoms with van der Waals surface area (Å²) in [6, 6.07) is 0. The highest BCUT2D eigenvalue weighted by Crippen LogP contribution is 2.42. The van der Waals surface area contributed by atoms with E-state index in [9.17, 15) is 30.7 Å². The van der Waals surface area contributed by atoms with Crippen molar-refractivity contribution in [1.82, 2.24) is 0 Å². The molecular formula is C6H7F7O2. The highest BCUT2D eigenvalue weighted by molar-refractivity contribution is 4.78. The first-order chi connectivity index (χ1) is 6.52. The van der Waals surface area contributed by atoms with Crippen molar-refractivity contribution in [2.24, 2.45) is 0 Å². The number of rotatable bonds is 4. The Labute approximate surface area is 79.6 Å². The van der Waals surface area contributed by atoms with Gasteiger partial charge in [-0.2, -0.15) is 13.2 Å². The molecule has 0 radical (unpaired) electrons. The average Bonchev–Trinajstić information content (AvgIpc) is 1.95. The molecule has 1 N–H and O–H groups in total. The van der Waals surface area contributed by atoms with Crippen LogP contribution >= 0.6 is 0 Å². The highest BCUT2D eigenvalue weighted by atomic mass is 19.4. The molecule has 0 aromatic heterocycles. The molecule has 2 nitrogen and oxygen atoms in total. The van der Waals surface area contributed by atoms with Crippen LogP contribution < -0.4 is 0 Å². The van der Waals surface area contributed by atoms with Crippen LogP contribution in [-0.4, -0.2) is 30.1 Å². The maximum Gasteiger partial charge on any atom is 0.525 e. The number of aliphatic hydroxyl groups excluding tert-OH is 1. The van der Waals surface area contributed by atoms with Gasteiger partial charge < -0.3 is 5.11 Å². The van der Waals surface area contributed by atoms with Crippen molar-refractivity contribution in [3.63, 3.8) is 0 Å². The smallest absolute Gasteiger partial charge is 0.396 e. The Kier molecular flexibility index (Phi) is 4.35. The van der Waals surface area contributed by atoms with Crippen molar-refractivity contribution in [3.05, 3.63) is 0 Å². The van der Waals surface area contributed by atoms with Crippen LogP contribution in [0, 0.1) is 0 Å². The van der Waals surface area contributed by atoms with Crippen molar-refractivity contribution < 1.29 is 40.6 Å².